The highest BCUT2D eigenvalue weighted by Gasteiger charge is 2.30. The molecule has 0 aliphatic carbocycles. The second-order valence-electron chi connectivity index (χ2n) is 5.04. The van der Waals surface area contributed by atoms with Gasteiger partial charge < -0.3 is 15.4 Å². The quantitative estimate of drug-likeness (QED) is 0.771. The Morgan fingerprint density at radius 1 is 1.05 bits per heavy atom. The Morgan fingerprint density at radius 2 is 1.71 bits per heavy atom. The molecule has 0 saturated heterocycles. The molecule has 106 valence electrons. The largest absolute Gasteiger partial charge is 0.508 e. The Kier molecular flexibility index (Phi) is 3.19. The van der Waals surface area contributed by atoms with Crippen molar-refractivity contribution in [3.63, 3.8) is 0 Å². The summed E-state index contributed by atoms with van der Waals surface area (Å²) in [5, 5.41) is 13.3. The van der Waals surface area contributed by atoms with Crippen molar-refractivity contribution in [2.75, 3.05) is 0 Å². The lowest BCUT2D eigenvalue weighted by Crippen LogP contribution is -2.34. The van der Waals surface area contributed by atoms with Crippen LogP contribution in [0, 0.1) is 0 Å². The molecule has 0 fully saturated rings. The second-order valence-corrected chi connectivity index (χ2v) is 5.04. The topological polar surface area (TPSA) is 85.2 Å². The summed E-state index contributed by atoms with van der Waals surface area (Å²) in [5.74, 6) is 0.977. The van der Waals surface area contributed by atoms with Gasteiger partial charge in [-0.2, -0.15) is 4.98 Å². The van der Waals surface area contributed by atoms with Gasteiger partial charge in [-0.15, -0.1) is 0 Å². The van der Waals surface area contributed by atoms with Crippen LogP contribution < -0.4 is 5.73 Å². The van der Waals surface area contributed by atoms with Gasteiger partial charge in [-0.05, 0) is 36.8 Å². The smallest absolute Gasteiger partial charge is 0.251 e. The van der Waals surface area contributed by atoms with Gasteiger partial charge in [0.2, 0.25) is 5.82 Å². The average molecular weight is 281 g/mol. The third-order valence-corrected chi connectivity index (χ3v) is 3.37. The summed E-state index contributed by atoms with van der Waals surface area (Å²) in [4.78, 5) is 4.37. The van der Waals surface area contributed by atoms with Gasteiger partial charge in [0.05, 0.1) is 0 Å². The fraction of sp³-hybridized carbons (Fsp3) is 0.125. The first-order chi connectivity index (χ1) is 10.1. The molecule has 0 amide bonds. The van der Waals surface area contributed by atoms with Crippen molar-refractivity contribution in [2.24, 2.45) is 5.73 Å². The molecular weight excluding hydrogens is 266 g/mol. The molecule has 0 bridgehead atoms. The van der Waals surface area contributed by atoms with Crippen LogP contribution in [-0.2, 0) is 5.54 Å². The van der Waals surface area contributed by atoms with Gasteiger partial charge in [0, 0.05) is 5.56 Å². The van der Waals surface area contributed by atoms with Crippen molar-refractivity contribution in [1.82, 2.24) is 10.1 Å². The number of phenols is 1. The van der Waals surface area contributed by atoms with Gasteiger partial charge in [0.1, 0.15) is 11.3 Å². The maximum Gasteiger partial charge on any atom is 0.251 e. The molecular formula is C16H15N3O2. The van der Waals surface area contributed by atoms with Gasteiger partial charge >= 0.3 is 0 Å². The molecule has 0 radical (unpaired) electrons. The van der Waals surface area contributed by atoms with Crippen molar-refractivity contribution >= 4 is 0 Å². The van der Waals surface area contributed by atoms with E-state index in [0.29, 0.717) is 11.7 Å². The fourth-order valence-electron chi connectivity index (χ4n) is 2.07. The van der Waals surface area contributed by atoms with E-state index in [9.17, 15) is 5.11 Å². The number of nitrogens with two attached hydrogens (primary N) is 1. The van der Waals surface area contributed by atoms with Gasteiger partial charge in [0.25, 0.3) is 5.89 Å². The number of benzene rings is 2. The molecule has 2 aromatic carbocycles. The summed E-state index contributed by atoms with van der Waals surface area (Å²) in [6, 6.07) is 16.2. The molecule has 3 aromatic rings. The zero-order chi connectivity index (χ0) is 14.9. The number of phenolic OH excluding ortho intramolecular Hbond substituents is 1. The summed E-state index contributed by atoms with van der Waals surface area (Å²) >= 11 is 0. The Morgan fingerprint density at radius 3 is 2.38 bits per heavy atom. The molecule has 0 spiro atoms. The lowest BCUT2D eigenvalue weighted by molar-refractivity contribution is 0.325. The van der Waals surface area contributed by atoms with Gasteiger partial charge in [0.15, 0.2) is 0 Å². The number of hydrogen-bond acceptors (Lipinski definition) is 5. The Balaban J connectivity index is 1.96. The number of aromatic nitrogens is 2. The molecule has 1 atom stereocenters. The summed E-state index contributed by atoms with van der Waals surface area (Å²) < 4.78 is 5.32. The summed E-state index contributed by atoms with van der Waals surface area (Å²) in [6.07, 6.45) is 0. The molecule has 0 saturated carbocycles. The van der Waals surface area contributed by atoms with Gasteiger partial charge in [-0.3, -0.25) is 0 Å². The summed E-state index contributed by atoms with van der Waals surface area (Å²) in [7, 11) is 0. The SMILES string of the molecule is CC(N)(c1ccccc1)c1nc(-c2ccc(O)cc2)no1. The maximum absolute atomic E-state index is 9.30. The lowest BCUT2D eigenvalue weighted by Gasteiger charge is -2.20. The lowest BCUT2D eigenvalue weighted by atomic mass is 9.93. The van der Waals surface area contributed by atoms with E-state index in [4.69, 9.17) is 10.3 Å². The van der Waals surface area contributed by atoms with E-state index >= 15 is 0 Å². The second kappa shape index (κ2) is 5.03. The normalized spacial score (nSPS) is 13.8. The monoisotopic (exact) mass is 281 g/mol. The first-order valence-electron chi connectivity index (χ1n) is 6.55. The minimum absolute atomic E-state index is 0.190. The van der Waals surface area contributed by atoms with Crippen LogP contribution in [0.4, 0.5) is 0 Å². The molecule has 0 aliphatic heterocycles. The van der Waals surface area contributed by atoms with Crippen molar-refractivity contribution < 1.29 is 9.63 Å². The fourth-order valence-corrected chi connectivity index (χ4v) is 2.07. The third-order valence-electron chi connectivity index (χ3n) is 3.37. The first-order valence-corrected chi connectivity index (χ1v) is 6.55. The number of rotatable bonds is 3. The summed E-state index contributed by atoms with van der Waals surface area (Å²) in [5.41, 5.74) is 7.13. The third kappa shape index (κ3) is 2.51. The highest BCUT2D eigenvalue weighted by molar-refractivity contribution is 5.55. The van der Waals surface area contributed by atoms with E-state index < -0.39 is 5.54 Å². The van der Waals surface area contributed by atoms with Gasteiger partial charge in [-0.1, -0.05) is 35.5 Å². The first kappa shape index (κ1) is 13.3. The molecule has 1 aromatic heterocycles. The molecule has 3 rings (SSSR count). The average Bonchev–Trinajstić information content (AvgIpc) is 2.99. The molecule has 1 heterocycles. The minimum atomic E-state index is -0.858. The Labute approximate surface area is 122 Å². The van der Waals surface area contributed by atoms with Crippen LogP contribution in [0.25, 0.3) is 11.4 Å². The van der Waals surface area contributed by atoms with Crippen molar-refractivity contribution in [3.8, 4) is 17.1 Å². The molecule has 5 heteroatoms. The Bertz CT molecular complexity index is 734. The predicted molar refractivity (Wildman–Crippen MR) is 78.5 cm³/mol. The van der Waals surface area contributed by atoms with Crippen LogP contribution in [0.3, 0.4) is 0 Å². The predicted octanol–water partition coefficient (Wildman–Crippen LogP) is 2.66. The number of hydrogen-bond donors (Lipinski definition) is 2. The van der Waals surface area contributed by atoms with E-state index in [2.05, 4.69) is 10.1 Å². The minimum Gasteiger partial charge on any atom is -0.508 e. The van der Waals surface area contributed by atoms with Crippen LogP contribution in [0.5, 0.6) is 5.75 Å². The van der Waals surface area contributed by atoms with Crippen LogP contribution in [-0.4, -0.2) is 15.2 Å². The van der Waals surface area contributed by atoms with E-state index in [0.717, 1.165) is 11.1 Å². The standard InChI is InChI=1S/C16H15N3O2/c1-16(17,12-5-3-2-4-6-12)15-18-14(19-21-15)11-7-9-13(20)10-8-11/h2-10,20H,17H2,1H3. The highest BCUT2D eigenvalue weighted by Crippen LogP contribution is 2.27. The van der Waals surface area contributed by atoms with E-state index in [-0.39, 0.29) is 5.75 Å². The van der Waals surface area contributed by atoms with Crippen LogP contribution in [0.15, 0.2) is 59.1 Å². The maximum atomic E-state index is 9.30. The highest BCUT2D eigenvalue weighted by atomic mass is 16.5. The van der Waals surface area contributed by atoms with Crippen molar-refractivity contribution in [2.45, 2.75) is 12.5 Å². The van der Waals surface area contributed by atoms with Crippen LogP contribution in [0.1, 0.15) is 18.4 Å². The van der Waals surface area contributed by atoms with E-state index in [1.807, 2.05) is 37.3 Å². The van der Waals surface area contributed by atoms with Crippen molar-refractivity contribution in [1.29, 1.82) is 0 Å². The molecule has 0 aliphatic rings. The van der Waals surface area contributed by atoms with E-state index in [1.165, 1.54) is 0 Å². The number of aromatic hydroxyl groups is 1. The molecule has 21 heavy (non-hydrogen) atoms. The van der Waals surface area contributed by atoms with Gasteiger partial charge in [-0.25, -0.2) is 0 Å². The van der Waals surface area contributed by atoms with Crippen molar-refractivity contribution in [3.05, 3.63) is 66.1 Å². The van der Waals surface area contributed by atoms with E-state index in [1.54, 1.807) is 24.3 Å². The molecule has 3 N–H and O–H groups in total. The van der Waals surface area contributed by atoms with Crippen LogP contribution in [0.2, 0.25) is 0 Å². The number of nitrogens with zero attached hydrogens (tertiary/aromatic N) is 2. The Hall–Kier alpha value is -2.66. The van der Waals surface area contributed by atoms with Crippen LogP contribution >= 0.6 is 0 Å². The molecule has 1 unspecified atom stereocenters. The molecule has 5 nitrogen and oxygen atoms in total. The summed E-state index contributed by atoms with van der Waals surface area (Å²) in [6.45, 7) is 1.83. The zero-order valence-electron chi connectivity index (χ0n) is 11.5. The zero-order valence-corrected chi connectivity index (χ0v) is 11.5.